The molecule has 8 rings (SSSR count). The number of hydrazine groups is 1. The minimum absolute atomic E-state index is 0.0356. The SMILES string of the molecule is CCO[C@H](c1nc(Br)cs1)[C@H](NC(=O)OC(C)(C)C)C(=O)N1CCCC(C(=O)OCC(C)(C)Cc2c(-c3cc(C4CC5COCC(C4)N5C(=O)O)cnc3[C@H](C)OC)n(CC)c3ccc(B4OC(C)(C)C(C)(C)O4)cc23)N1. The molecule has 19 nitrogen and oxygen atoms in total. The van der Waals surface area contributed by atoms with Crippen LogP contribution in [0.5, 0.6) is 0 Å². The van der Waals surface area contributed by atoms with Gasteiger partial charge in [0.25, 0.3) is 5.91 Å². The zero-order valence-corrected chi connectivity index (χ0v) is 49.2. The van der Waals surface area contributed by atoms with Gasteiger partial charge >= 0.3 is 25.3 Å². The number of aromatic nitrogens is 3. The largest absolute Gasteiger partial charge is 0.494 e. The van der Waals surface area contributed by atoms with Gasteiger partial charge in [-0.25, -0.2) is 20.0 Å². The number of pyridine rings is 1. The summed E-state index contributed by atoms with van der Waals surface area (Å²) in [6.07, 6.45) is 1.42. The molecule has 0 radical (unpaired) electrons. The summed E-state index contributed by atoms with van der Waals surface area (Å²) in [7, 11) is 1.05. The lowest BCUT2D eigenvalue weighted by atomic mass is 9.77. The second-order valence-corrected chi connectivity index (χ2v) is 25.2. The Hall–Kier alpha value is -4.68. The fourth-order valence-corrected chi connectivity index (χ4v) is 12.3. The van der Waals surface area contributed by atoms with Gasteiger partial charge in [0.1, 0.15) is 33.4 Å². The Labute approximate surface area is 465 Å². The van der Waals surface area contributed by atoms with Gasteiger partial charge in [-0.2, -0.15) is 0 Å². The number of benzene rings is 1. The van der Waals surface area contributed by atoms with Crippen molar-refractivity contribution < 1.29 is 57.3 Å². The van der Waals surface area contributed by atoms with Gasteiger partial charge in [0.05, 0.1) is 60.6 Å². The number of methoxy groups -OCH3 is 1. The molecule has 420 valence electrons. The number of hydrogen-bond acceptors (Lipinski definition) is 15. The monoisotopic (exact) mass is 1150 g/mol. The first kappa shape index (κ1) is 58.5. The summed E-state index contributed by atoms with van der Waals surface area (Å²) in [6.45, 7) is 25.2. The van der Waals surface area contributed by atoms with Crippen molar-refractivity contribution >= 4 is 74.8 Å². The van der Waals surface area contributed by atoms with Crippen LogP contribution < -0.4 is 16.2 Å². The molecule has 3 aromatic heterocycles. The topological polar surface area (TPSA) is 214 Å². The number of carbonyl (C=O) groups excluding carboxylic acids is 3. The van der Waals surface area contributed by atoms with Crippen molar-refractivity contribution in [1.29, 1.82) is 0 Å². The number of aryl methyl sites for hydroxylation is 1. The number of carbonyl (C=O) groups is 4. The van der Waals surface area contributed by atoms with E-state index >= 15 is 0 Å². The van der Waals surface area contributed by atoms with Crippen LogP contribution in [0.1, 0.15) is 149 Å². The van der Waals surface area contributed by atoms with E-state index in [1.807, 2.05) is 40.8 Å². The summed E-state index contributed by atoms with van der Waals surface area (Å²) in [6, 6.07) is 5.92. The molecule has 4 aromatic rings. The van der Waals surface area contributed by atoms with Crippen molar-refractivity contribution in [2.75, 3.05) is 40.1 Å². The average Bonchev–Trinajstić information content (AvgIpc) is 4.07. The van der Waals surface area contributed by atoms with Gasteiger partial charge in [0.2, 0.25) is 0 Å². The normalized spacial score (nSPS) is 22.6. The number of ether oxygens (including phenoxy) is 5. The Morgan fingerprint density at radius 1 is 1.04 bits per heavy atom. The van der Waals surface area contributed by atoms with E-state index in [0.29, 0.717) is 61.5 Å². The number of halogens is 1. The second-order valence-electron chi connectivity index (χ2n) is 23.5. The number of fused-ring (bicyclic) bond motifs is 3. The highest BCUT2D eigenvalue weighted by Gasteiger charge is 2.52. The van der Waals surface area contributed by atoms with E-state index in [-0.39, 0.29) is 43.9 Å². The molecule has 2 bridgehead atoms. The van der Waals surface area contributed by atoms with Crippen molar-refractivity contribution in [3.63, 3.8) is 0 Å². The molecule has 0 spiro atoms. The number of thiazole rings is 1. The molecule has 3 unspecified atom stereocenters. The van der Waals surface area contributed by atoms with E-state index < -0.39 is 71.6 Å². The van der Waals surface area contributed by atoms with Crippen LogP contribution in [0, 0.1) is 5.41 Å². The Morgan fingerprint density at radius 3 is 2.32 bits per heavy atom. The number of piperidine rings is 1. The molecule has 4 saturated heterocycles. The van der Waals surface area contributed by atoms with E-state index in [0.717, 1.165) is 44.4 Å². The van der Waals surface area contributed by atoms with Crippen molar-refractivity contribution in [2.45, 2.75) is 181 Å². The number of carboxylic acid groups (broad SMARTS) is 1. The lowest BCUT2D eigenvalue weighted by Crippen LogP contribution is -2.61. The number of morpholine rings is 1. The van der Waals surface area contributed by atoms with E-state index in [1.54, 1.807) is 45.1 Å². The van der Waals surface area contributed by atoms with Gasteiger partial charge in [0.15, 0.2) is 0 Å². The van der Waals surface area contributed by atoms with E-state index in [2.05, 4.69) is 81.3 Å². The first-order valence-corrected chi connectivity index (χ1v) is 28.5. The lowest BCUT2D eigenvalue weighted by molar-refractivity contribution is -0.156. The van der Waals surface area contributed by atoms with E-state index in [9.17, 15) is 24.3 Å². The fraction of sp³-hybridized carbons (Fsp3) is 0.636. The maximum absolute atomic E-state index is 14.6. The third-order valence-corrected chi connectivity index (χ3v) is 17.1. The summed E-state index contributed by atoms with van der Waals surface area (Å²) in [5.41, 5.74) is 7.03. The zero-order valence-electron chi connectivity index (χ0n) is 46.8. The molecule has 0 aliphatic carbocycles. The molecule has 4 aliphatic rings. The third-order valence-electron chi connectivity index (χ3n) is 15.5. The zero-order chi connectivity index (χ0) is 55.9. The molecule has 6 atom stereocenters. The highest BCUT2D eigenvalue weighted by molar-refractivity contribution is 9.10. The molecule has 4 fully saturated rings. The van der Waals surface area contributed by atoms with Gasteiger partial charge in [-0.1, -0.05) is 26.0 Å². The number of amides is 3. The standard InChI is InChI=1S/C55H77BBrN7O12S/c1-14-62-41-19-18-34(56-75-54(9,10)55(11,12)76-56)24-37(41)39(45(62)38-23-33(26-58-43(38)31(3)70-13)32-21-35-27-71-28-36(22-32)64(35)51(68)69)25-53(7,8)30-73-49(66)40-17-16-20-63(61-40)48(65)44(60-50(67)74-52(4,5)6)46(72-15-2)47-59-42(57)29-77-47/h18-19,23-24,26,29,31-32,35-36,40,44,46,61H,14-17,20-22,25,27-28,30H2,1-13H3,(H,60,67)(H,68,69)/t31-,32?,35?,36?,40?,44-,46-/m0/s1. The predicted octanol–water partition coefficient (Wildman–Crippen LogP) is 8.85. The van der Waals surface area contributed by atoms with Crippen molar-refractivity contribution in [3.05, 3.63) is 62.3 Å². The molecule has 0 saturated carbocycles. The second kappa shape index (κ2) is 23.2. The maximum Gasteiger partial charge on any atom is 0.494 e. The molecule has 22 heteroatoms. The van der Waals surface area contributed by atoms with E-state index in [1.165, 1.54) is 16.3 Å². The van der Waals surface area contributed by atoms with Gasteiger partial charge in [-0.3, -0.25) is 24.5 Å². The summed E-state index contributed by atoms with van der Waals surface area (Å²) < 4.78 is 45.9. The lowest BCUT2D eigenvalue weighted by Gasteiger charge is -2.47. The van der Waals surface area contributed by atoms with Crippen LogP contribution in [0.3, 0.4) is 0 Å². The molecule has 3 amide bonds. The highest BCUT2D eigenvalue weighted by atomic mass is 79.9. The van der Waals surface area contributed by atoms with Crippen LogP contribution in [0.25, 0.3) is 22.2 Å². The quantitative estimate of drug-likeness (QED) is 0.0665. The molecular weight excluding hydrogens is 1070 g/mol. The Balaban J connectivity index is 1.11. The first-order chi connectivity index (χ1) is 36.2. The average molecular weight is 1150 g/mol. The number of esters is 1. The van der Waals surface area contributed by atoms with Crippen molar-refractivity contribution in [1.82, 2.24) is 35.2 Å². The molecule has 3 N–H and O–H groups in total. The van der Waals surface area contributed by atoms with Crippen LogP contribution in [-0.2, 0) is 55.5 Å². The van der Waals surface area contributed by atoms with Crippen LogP contribution >= 0.6 is 27.3 Å². The molecule has 7 heterocycles. The summed E-state index contributed by atoms with van der Waals surface area (Å²) >= 11 is 4.69. The molecular formula is C55H77BBrN7O12S. The van der Waals surface area contributed by atoms with Gasteiger partial charge < -0.3 is 48.0 Å². The first-order valence-electron chi connectivity index (χ1n) is 26.8. The van der Waals surface area contributed by atoms with Crippen molar-refractivity contribution in [2.24, 2.45) is 5.41 Å². The summed E-state index contributed by atoms with van der Waals surface area (Å²) in [4.78, 5) is 65.8. The van der Waals surface area contributed by atoms with E-state index in [4.69, 9.17) is 38.0 Å². The number of hydrogen-bond donors (Lipinski definition) is 3. The minimum Gasteiger partial charge on any atom is -0.465 e. The van der Waals surface area contributed by atoms with Crippen LogP contribution in [0.2, 0.25) is 0 Å². The minimum atomic E-state index is -1.25. The van der Waals surface area contributed by atoms with Gasteiger partial charge in [-0.15, -0.1) is 11.3 Å². The smallest absolute Gasteiger partial charge is 0.465 e. The molecule has 4 aliphatic heterocycles. The molecule has 1 aromatic carbocycles. The number of alkyl carbamates (subject to hydrolysis) is 1. The Morgan fingerprint density at radius 2 is 1.73 bits per heavy atom. The molecule has 77 heavy (non-hydrogen) atoms. The van der Waals surface area contributed by atoms with Gasteiger partial charge in [0, 0.05) is 60.3 Å². The fourth-order valence-electron chi connectivity index (χ4n) is 11.0. The maximum atomic E-state index is 14.6. The predicted molar refractivity (Wildman–Crippen MR) is 296 cm³/mol. The van der Waals surface area contributed by atoms with Crippen LogP contribution in [0.15, 0.2) is 40.4 Å². The summed E-state index contributed by atoms with van der Waals surface area (Å²) in [5, 5.41) is 17.5. The van der Waals surface area contributed by atoms with Gasteiger partial charge in [-0.05, 0) is 152 Å². The van der Waals surface area contributed by atoms with Crippen molar-refractivity contribution in [3.8, 4) is 11.3 Å². The van der Waals surface area contributed by atoms with Crippen LogP contribution in [-0.4, -0.2) is 142 Å². The number of nitrogens with zero attached hydrogens (tertiary/aromatic N) is 5. The number of rotatable bonds is 17. The summed E-state index contributed by atoms with van der Waals surface area (Å²) in [5.74, 6) is -1.01. The van der Waals surface area contributed by atoms with Crippen LogP contribution in [0.4, 0.5) is 9.59 Å². The Kier molecular flexibility index (Phi) is 17.6. The third kappa shape index (κ3) is 12.7. The number of nitrogens with one attached hydrogen (secondary N) is 2. The Bertz CT molecular complexity index is 2790. The highest BCUT2D eigenvalue weighted by Crippen LogP contribution is 2.45.